The van der Waals surface area contributed by atoms with Crippen molar-refractivity contribution in [2.75, 3.05) is 0 Å². The van der Waals surface area contributed by atoms with Gasteiger partial charge in [-0.1, -0.05) is 26.1 Å². The van der Waals surface area contributed by atoms with E-state index in [0.717, 1.165) is 18.5 Å². The topological polar surface area (TPSA) is 61.0 Å². The number of hydrogen-bond acceptors (Lipinski definition) is 4. The van der Waals surface area contributed by atoms with Gasteiger partial charge in [-0.05, 0) is 44.1 Å². The zero-order chi connectivity index (χ0) is 14.0. The van der Waals surface area contributed by atoms with Gasteiger partial charge >= 0.3 is 6.01 Å². The van der Waals surface area contributed by atoms with E-state index in [2.05, 4.69) is 23.8 Å². The number of nitrogens with two attached hydrogens (primary N) is 1. The maximum atomic E-state index is 5.93. The Hall–Kier alpha value is -1.23. The predicted molar refractivity (Wildman–Crippen MR) is 79.3 cm³/mol. The Balaban J connectivity index is 2.12. The van der Waals surface area contributed by atoms with E-state index in [1.807, 2.05) is 6.92 Å². The fourth-order valence-corrected chi connectivity index (χ4v) is 2.94. The van der Waals surface area contributed by atoms with Crippen LogP contribution in [0, 0.1) is 18.8 Å². The smallest absolute Gasteiger partial charge is 0.317 e. The third-order valence-corrected chi connectivity index (χ3v) is 3.70. The molecule has 0 radical (unpaired) electrons. The highest BCUT2D eigenvalue weighted by molar-refractivity contribution is 7.80. The quantitative estimate of drug-likeness (QED) is 0.862. The van der Waals surface area contributed by atoms with E-state index in [9.17, 15) is 0 Å². The monoisotopic (exact) mass is 279 g/mol. The van der Waals surface area contributed by atoms with Crippen molar-refractivity contribution in [3.63, 3.8) is 0 Å². The van der Waals surface area contributed by atoms with Gasteiger partial charge in [0.1, 0.15) is 16.8 Å². The lowest BCUT2D eigenvalue weighted by Gasteiger charge is -2.31. The fraction of sp³-hybridized carbons (Fsp3) is 0.643. The molecule has 0 saturated heterocycles. The molecule has 0 aromatic carbocycles. The van der Waals surface area contributed by atoms with Gasteiger partial charge in [-0.2, -0.15) is 4.98 Å². The molecule has 0 aliphatic heterocycles. The lowest BCUT2D eigenvalue weighted by Crippen LogP contribution is -2.29. The van der Waals surface area contributed by atoms with E-state index in [4.69, 9.17) is 22.7 Å². The molecule has 19 heavy (non-hydrogen) atoms. The highest BCUT2D eigenvalue weighted by atomic mass is 32.1. The molecule has 0 spiro atoms. The molecule has 1 heterocycles. The maximum Gasteiger partial charge on any atom is 0.317 e. The first-order valence-corrected chi connectivity index (χ1v) is 7.17. The fourth-order valence-electron chi connectivity index (χ4n) is 2.84. The summed E-state index contributed by atoms with van der Waals surface area (Å²) in [5, 5.41) is 0. The summed E-state index contributed by atoms with van der Waals surface area (Å²) in [5.74, 6) is 1.38. The van der Waals surface area contributed by atoms with Crippen LogP contribution in [0.1, 0.15) is 44.5 Å². The molecular formula is C14H21N3OS. The highest BCUT2D eigenvalue weighted by Gasteiger charge is 2.26. The van der Waals surface area contributed by atoms with E-state index in [-0.39, 0.29) is 11.1 Å². The van der Waals surface area contributed by atoms with Gasteiger partial charge in [-0.15, -0.1) is 0 Å². The number of rotatable bonds is 3. The second-order valence-electron chi connectivity index (χ2n) is 5.70. The van der Waals surface area contributed by atoms with Crippen LogP contribution in [0.15, 0.2) is 6.07 Å². The van der Waals surface area contributed by atoms with Gasteiger partial charge in [0.25, 0.3) is 0 Å². The van der Waals surface area contributed by atoms with Gasteiger partial charge in [-0.3, -0.25) is 0 Å². The maximum absolute atomic E-state index is 5.93. The first kappa shape index (κ1) is 14.2. The molecule has 2 rings (SSSR count). The van der Waals surface area contributed by atoms with Crippen molar-refractivity contribution in [3.05, 3.63) is 17.5 Å². The number of aryl methyl sites for hydroxylation is 1. The summed E-state index contributed by atoms with van der Waals surface area (Å²) in [6.07, 6.45) is 3.58. The molecule has 0 amide bonds. The Labute approximate surface area is 119 Å². The van der Waals surface area contributed by atoms with Crippen LogP contribution in [0.2, 0.25) is 0 Å². The molecule has 1 fully saturated rings. The minimum Gasteiger partial charge on any atom is -0.460 e. The molecule has 104 valence electrons. The van der Waals surface area contributed by atoms with Crippen molar-refractivity contribution in [2.24, 2.45) is 17.6 Å². The lowest BCUT2D eigenvalue weighted by molar-refractivity contribution is 0.0918. The lowest BCUT2D eigenvalue weighted by atomic mass is 9.82. The molecule has 1 saturated carbocycles. The van der Waals surface area contributed by atoms with Crippen molar-refractivity contribution in [1.29, 1.82) is 0 Å². The molecule has 4 nitrogen and oxygen atoms in total. The van der Waals surface area contributed by atoms with Gasteiger partial charge in [0.2, 0.25) is 0 Å². The van der Waals surface area contributed by atoms with E-state index in [1.165, 1.54) is 6.42 Å². The molecule has 1 aliphatic carbocycles. The molecule has 1 aromatic heterocycles. The predicted octanol–water partition coefficient (Wildman–Crippen LogP) is 2.62. The molecule has 2 N–H and O–H groups in total. The van der Waals surface area contributed by atoms with Crippen LogP contribution in [0.4, 0.5) is 0 Å². The Kier molecular flexibility index (Phi) is 4.34. The van der Waals surface area contributed by atoms with Crippen molar-refractivity contribution in [3.8, 4) is 6.01 Å². The Morgan fingerprint density at radius 2 is 1.89 bits per heavy atom. The van der Waals surface area contributed by atoms with Crippen molar-refractivity contribution in [1.82, 2.24) is 9.97 Å². The second kappa shape index (κ2) is 5.82. The summed E-state index contributed by atoms with van der Waals surface area (Å²) in [5.41, 5.74) is 7.02. The number of thiocarbonyl (C=S) groups is 1. The largest absolute Gasteiger partial charge is 0.460 e. The second-order valence-corrected chi connectivity index (χ2v) is 6.14. The molecule has 2 atom stereocenters. The number of nitrogens with zero attached hydrogens (tertiary/aromatic N) is 2. The van der Waals surface area contributed by atoms with E-state index < -0.39 is 0 Å². The third kappa shape index (κ3) is 3.86. The van der Waals surface area contributed by atoms with Gasteiger partial charge in [0, 0.05) is 5.69 Å². The number of hydrogen-bond donors (Lipinski definition) is 1. The summed E-state index contributed by atoms with van der Waals surface area (Å²) in [6.45, 7) is 6.43. The van der Waals surface area contributed by atoms with Gasteiger partial charge in [0.15, 0.2) is 0 Å². The first-order chi connectivity index (χ1) is 8.94. The van der Waals surface area contributed by atoms with Crippen LogP contribution in [0.25, 0.3) is 0 Å². The van der Waals surface area contributed by atoms with Crippen molar-refractivity contribution < 1.29 is 4.74 Å². The van der Waals surface area contributed by atoms with Gasteiger partial charge in [-0.25, -0.2) is 4.98 Å². The molecular weight excluding hydrogens is 258 g/mol. The minimum absolute atomic E-state index is 0.194. The average Bonchev–Trinajstić information content (AvgIpc) is 2.26. The van der Waals surface area contributed by atoms with Gasteiger partial charge < -0.3 is 10.5 Å². The normalized spacial score (nSPS) is 27.0. The summed E-state index contributed by atoms with van der Waals surface area (Å²) < 4.78 is 5.93. The Bertz CT molecular complexity index is 468. The van der Waals surface area contributed by atoms with Crippen LogP contribution < -0.4 is 10.5 Å². The van der Waals surface area contributed by atoms with Crippen LogP contribution in [-0.2, 0) is 0 Å². The summed E-state index contributed by atoms with van der Waals surface area (Å²) in [4.78, 5) is 8.87. The molecule has 2 unspecified atom stereocenters. The number of aromatic nitrogens is 2. The molecule has 1 aliphatic rings. The van der Waals surface area contributed by atoms with Crippen LogP contribution in [-0.4, -0.2) is 21.1 Å². The van der Waals surface area contributed by atoms with Gasteiger partial charge in [0.05, 0.1) is 0 Å². The molecule has 0 bridgehead atoms. The van der Waals surface area contributed by atoms with E-state index in [1.54, 1.807) is 6.07 Å². The Morgan fingerprint density at radius 1 is 1.26 bits per heavy atom. The number of ether oxygens (including phenoxy) is 1. The molecule has 1 aromatic rings. The van der Waals surface area contributed by atoms with Crippen molar-refractivity contribution in [2.45, 2.75) is 46.1 Å². The Morgan fingerprint density at radius 3 is 2.47 bits per heavy atom. The zero-order valence-corrected chi connectivity index (χ0v) is 12.5. The standard InChI is InChI=1S/C14H21N3OS/c1-8-4-9(2)6-11(5-8)18-14-16-10(3)7-12(17-14)13(15)19/h7-9,11H,4-6H2,1-3H3,(H2,15,19). The molecule has 5 heteroatoms. The van der Waals surface area contributed by atoms with Crippen LogP contribution >= 0.6 is 12.2 Å². The highest BCUT2D eigenvalue weighted by Crippen LogP contribution is 2.30. The van der Waals surface area contributed by atoms with E-state index >= 15 is 0 Å². The summed E-state index contributed by atoms with van der Waals surface area (Å²) in [6, 6.07) is 2.18. The minimum atomic E-state index is 0.194. The van der Waals surface area contributed by atoms with E-state index in [0.29, 0.717) is 23.5 Å². The third-order valence-electron chi connectivity index (χ3n) is 3.49. The zero-order valence-electron chi connectivity index (χ0n) is 11.7. The summed E-state index contributed by atoms with van der Waals surface area (Å²) >= 11 is 4.96. The van der Waals surface area contributed by atoms with Crippen LogP contribution in [0.3, 0.4) is 0 Å². The van der Waals surface area contributed by atoms with Crippen LogP contribution in [0.5, 0.6) is 6.01 Å². The SMILES string of the molecule is Cc1cc(C(N)=S)nc(OC2CC(C)CC(C)C2)n1. The summed E-state index contributed by atoms with van der Waals surface area (Å²) in [7, 11) is 0. The average molecular weight is 279 g/mol. The van der Waals surface area contributed by atoms with Crippen molar-refractivity contribution >= 4 is 17.2 Å². The first-order valence-electron chi connectivity index (χ1n) is 6.76.